The van der Waals surface area contributed by atoms with Crippen molar-refractivity contribution in [3.05, 3.63) is 34.3 Å². The van der Waals surface area contributed by atoms with Crippen LogP contribution in [0.2, 0.25) is 0 Å². The smallest absolute Gasteiger partial charge is 0.0213 e. The van der Waals surface area contributed by atoms with Gasteiger partial charge in [-0.25, -0.2) is 0 Å². The van der Waals surface area contributed by atoms with Crippen LogP contribution in [0.4, 0.5) is 0 Å². The van der Waals surface area contributed by atoms with Gasteiger partial charge in [-0.3, -0.25) is 0 Å². The summed E-state index contributed by atoms with van der Waals surface area (Å²) in [4.78, 5) is 0. The van der Waals surface area contributed by atoms with Gasteiger partial charge in [0.15, 0.2) is 0 Å². The van der Waals surface area contributed by atoms with E-state index >= 15 is 0 Å². The van der Waals surface area contributed by atoms with Gasteiger partial charge < -0.3 is 5.32 Å². The van der Waals surface area contributed by atoms with Crippen molar-refractivity contribution in [2.75, 3.05) is 13.6 Å². The summed E-state index contributed by atoms with van der Waals surface area (Å²) in [6.07, 6.45) is 2.60. The summed E-state index contributed by atoms with van der Waals surface area (Å²) >= 11 is 3.67. The highest BCUT2D eigenvalue weighted by Gasteiger charge is 2.43. The first-order chi connectivity index (χ1) is 7.18. The molecule has 1 aromatic carbocycles. The molecule has 0 unspecified atom stereocenters. The monoisotopic (exact) mass is 267 g/mol. The number of hydrogen-bond donors (Lipinski definition) is 1. The zero-order valence-corrected chi connectivity index (χ0v) is 11.0. The number of likely N-dealkylation sites (N-methyl/N-ethyl adjacent to an activating group) is 1. The van der Waals surface area contributed by atoms with E-state index in [2.05, 4.69) is 52.4 Å². The Hall–Kier alpha value is -0.340. The molecule has 0 aromatic heterocycles. The third-order valence-corrected chi connectivity index (χ3v) is 4.13. The molecule has 0 radical (unpaired) electrons. The molecular weight excluding hydrogens is 250 g/mol. The molecule has 1 aliphatic carbocycles. The SMILES string of the molecule is CNCC1(c2ccccc2Br)CC(C)C1. The summed E-state index contributed by atoms with van der Waals surface area (Å²) in [6.45, 7) is 3.42. The number of rotatable bonds is 3. The molecule has 0 bridgehead atoms. The van der Waals surface area contributed by atoms with Crippen LogP contribution in [0.15, 0.2) is 28.7 Å². The summed E-state index contributed by atoms with van der Waals surface area (Å²) in [5.41, 5.74) is 1.84. The van der Waals surface area contributed by atoms with Gasteiger partial charge in [0.05, 0.1) is 0 Å². The fraction of sp³-hybridized carbons (Fsp3) is 0.538. The summed E-state index contributed by atoms with van der Waals surface area (Å²) in [5.74, 6) is 0.866. The first kappa shape index (κ1) is 11.2. The second-order valence-corrected chi connectivity index (χ2v) is 5.66. The van der Waals surface area contributed by atoms with Gasteiger partial charge in [-0.15, -0.1) is 0 Å². The van der Waals surface area contributed by atoms with Crippen molar-refractivity contribution in [3.63, 3.8) is 0 Å². The fourth-order valence-electron chi connectivity index (χ4n) is 2.96. The van der Waals surface area contributed by atoms with Crippen molar-refractivity contribution in [2.24, 2.45) is 5.92 Å². The van der Waals surface area contributed by atoms with Crippen molar-refractivity contribution in [1.82, 2.24) is 5.32 Å². The average Bonchev–Trinajstić information content (AvgIpc) is 2.16. The molecule has 0 saturated heterocycles. The van der Waals surface area contributed by atoms with E-state index in [1.807, 2.05) is 7.05 Å². The van der Waals surface area contributed by atoms with Gasteiger partial charge in [-0.2, -0.15) is 0 Å². The Labute approximate surface area is 100 Å². The normalized spacial score (nSPS) is 29.9. The zero-order valence-electron chi connectivity index (χ0n) is 9.39. The predicted molar refractivity (Wildman–Crippen MR) is 68.1 cm³/mol. The van der Waals surface area contributed by atoms with Crippen molar-refractivity contribution in [2.45, 2.75) is 25.2 Å². The molecule has 0 amide bonds. The van der Waals surface area contributed by atoms with E-state index in [0.29, 0.717) is 5.41 Å². The second kappa shape index (κ2) is 4.26. The Morgan fingerprint density at radius 2 is 2.07 bits per heavy atom. The van der Waals surface area contributed by atoms with Crippen LogP contribution in [0.25, 0.3) is 0 Å². The van der Waals surface area contributed by atoms with E-state index in [9.17, 15) is 0 Å². The van der Waals surface area contributed by atoms with Crippen LogP contribution in [-0.2, 0) is 5.41 Å². The summed E-state index contributed by atoms with van der Waals surface area (Å²) in [6, 6.07) is 8.63. The first-order valence-electron chi connectivity index (χ1n) is 5.57. The Morgan fingerprint density at radius 1 is 1.40 bits per heavy atom. The summed E-state index contributed by atoms with van der Waals surface area (Å²) in [7, 11) is 2.04. The Bertz CT molecular complexity index is 337. The Balaban J connectivity index is 2.30. The predicted octanol–water partition coefficient (Wildman–Crippen LogP) is 3.34. The molecule has 1 aromatic rings. The van der Waals surface area contributed by atoms with E-state index in [1.54, 1.807) is 0 Å². The Morgan fingerprint density at radius 3 is 2.60 bits per heavy atom. The third kappa shape index (κ3) is 1.98. The molecule has 82 valence electrons. The van der Waals surface area contributed by atoms with Crippen LogP contribution in [0, 0.1) is 5.92 Å². The fourth-order valence-corrected chi connectivity index (χ4v) is 3.67. The van der Waals surface area contributed by atoms with Crippen LogP contribution in [0.3, 0.4) is 0 Å². The van der Waals surface area contributed by atoms with Crippen LogP contribution >= 0.6 is 15.9 Å². The van der Waals surface area contributed by atoms with Crippen LogP contribution in [0.1, 0.15) is 25.3 Å². The lowest BCUT2D eigenvalue weighted by Crippen LogP contribution is -2.47. The minimum Gasteiger partial charge on any atom is -0.319 e. The first-order valence-corrected chi connectivity index (χ1v) is 6.37. The molecule has 1 nitrogen and oxygen atoms in total. The number of benzene rings is 1. The second-order valence-electron chi connectivity index (χ2n) is 4.80. The van der Waals surface area contributed by atoms with Crippen LogP contribution in [0.5, 0.6) is 0 Å². The topological polar surface area (TPSA) is 12.0 Å². The molecule has 1 aliphatic rings. The van der Waals surface area contributed by atoms with Crippen molar-refractivity contribution in [1.29, 1.82) is 0 Å². The van der Waals surface area contributed by atoms with Gasteiger partial charge in [0.1, 0.15) is 0 Å². The quantitative estimate of drug-likeness (QED) is 0.886. The molecule has 2 heteroatoms. The van der Waals surface area contributed by atoms with Crippen LogP contribution < -0.4 is 5.32 Å². The maximum Gasteiger partial charge on any atom is 0.0213 e. The lowest BCUT2D eigenvalue weighted by atomic mass is 9.59. The Kier molecular flexibility index (Phi) is 3.17. The number of hydrogen-bond acceptors (Lipinski definition) is 1. The van der Waals surface area contributed by atoms with Gasteiger partial charge in [0.25, 0.3) is 0 Å². The molecule has 0 atom stereocenters. The maximum absolute atomic E-state index is 3.67. The molecule has 0 aliphatic heterocycles. The standard InChI is InChI=1S/C13H18BrN/c1-10-7-13(8-10,9-15-2)11-5-3-4-6-12(11)14/h3-6,10,15H,7-9H2,1-2H3. The summed E-state index contributed by atoms with van der Waals surface area (Å²) < 4.78 is 1.26. The van der Waals surface area contributed by atoms with E-state index in [1.165, 1.54) is 22.9 Å². The molecule has 0 spiro atoms. The van der Waals surface area contributed by atoms with Gasteiger partial charge in [-0.05, 0) is 37.4 Å². The molecular formula is C13H18BrN. The number of nitrogens with one attached hydrogen (secondary N) is 1. The van der Waals surface area contributed by atoms with Gasteiger partial charge in [-0.1, -0.05) is 41.1 Å². The molecule has 1 fully saturated rings. The lowest BCUT2D eigenvalue weighted by Gasteiger charge is -2.47. The van der Waals surface area contributed by atoms with E-state index in [0.717, 1.165) is 12.5 Å². The molecule has 1 saturated carbocycles. The maximum atomic E-state index is 3.67. The van der Waals surface area contributed by atoms with Crippen LogP contribution in [-0.4, -0.2) is 13.6 Å². The summed E-state index contributed by atoms with van der Waals surface area (Å²) in [5, 5.41) is 3.34. The highest BCUT2D eigenvalue weighted by Crippen LogP contribution is 2.49. The van der Waals surface area contributed by atoms with E-state index in [4.69, 9.17) is 0 Å². The molecule has 1 N–H and O–H groups in total. The third-order valence-electron chi connectivity index (χ3n) is 3.44. The zero-order chi connectivity index (χ0) is 10.9. The minimum atomic E-state index is 0.369. The number of halogens is 1. The highest BCUT2D eigenvalue weighted by molar-refractivity contribution is 9.10. The minimum absolute atomic E-state index is 0.369. The largest absolute Gasteiger partial charge is 0.319 e. The van der Waals surface area contributed by atoms with Gasteiger partial charge in [0, 0.05) is 16.4 Å². The molecule has 15 heavy (non-hydrogen) atoms. The molecule has 2 rings (SSSR count). The van der Waals surface area contributed by atoms with Gasteiger partial charge in [0.2, 0.25) is 0 Å². The van der Waals surface area contributed by atoms with Crippen molar-refractivity contribution < 1.29 is 0 Å². The average molecular weight is 268 g/mol. The molecule has 0 heterocycles. The lowest BCUT2D eigenvalue weighted by molar-refractivity contribution is 0.155. The van der Waals surface area contributed by atoms with Crippen molar-refractivity contribution >= 4 is 15.9 Å². The van der Waals surface area contributed by atoms with E-state index < -0.39 is 0 Å². The van der Waals surface area contributed by atoms with Gasteiger partial charge >= 0.3 is 0 Å². The van der Waals surface area contributed by atoms with E-state index in [-0.39, 0.29) is 0 Å². The highest BCUT2D eigenvalue weighted by atomic mass is 79.9. The van der Waals surface area contributed by atoms with Crippen molar-refractivity contribution in [3.8, 4) is 0 Å².